The van der Waals surface area contributed by atoms with Gasteiger partial charge in [0.2, 0.25) is 5.16 Å². The van der Waals surface area contributed by atoms with Crippen LogP contribution in [0.1, 0.15) is 19.4 Å². The minimum absolute atomic E-state index is 0.0872. The third-order valence-electron chi connectivity index (χ3n) is 3.96. The van der Waals surface area contributed by atoms with Crippen LogP contribution in [0.3, 0.4) is 0 Å². The molecule has 1 N–H and O–H groups in total. The maximum absolute atomic E-state index is 5.80. The van der Waals surface area contributed by atoms with Crippen LogP contribution < -0.4 is 14.8 Å². The summed E-state index contributed by atoms with van der Waals surface area (Å²) >= 11 is 5.24. The summed E-state index contributed by atoms with van der Waals surface area (Å²) in [4.78, 5) is 0. The second-order valence-corrected chi connectivity index (χ2v) is 8.41. The fourth-order valence-corrected chi connectivity index (χ4v) is 3.91. The number of ether oxygens (including phenoxy) is 2. The van der Waals surface area contributed by atoms with E-state index in [-0.39, 0.29) is 6.10 Å². The van der Waals surface area contributed by atoms with Gasteiger partial charge in [0.1, 0.15) is 0 Å². The number of hydrogen-bond acceptors (Lipinski definition) is 7. The first-order valence-corrected chi connectivity index (χ1v) is 11.1. The Balaban J connectivity index is 1.52. The number of tetrazole rings is 1. The standard InChI is InChI=1S/C20H24BrN5O2S/c1-14(2)28-19-12-17(21)15(11-18(19)27-3)13-22-9-10-29-20-23-24-25-26(20)16-7-5-4-6-8-16/h4-8,11-12,14,22H,9-10,13H2,1-3H3. The lowest BCUT2D eigenvalue weighted by Crippen LogP contribution is -2.17. The van der Waals surface area contributed by atoms with Crippen molar-refractivity contribution >= 4 is 27.7 Å². The molecule has 3 rings (SSSR count). The van der Waals surface area contributed by atoms with E-state index < -0.39 is 0 Å². The van der Waals surface area contributed by atoms with E-state index in [4.69, 9.17) is 9.47 Å². The van der Waals surface area contributed by atoms with Gasteiger partial charge < -0.3 is 14.8 Å². The maximum atomic E-state index is 5.80. The van der Waals surface area contributed by atoms with Crippen molar-refractivity contribution in [3.05, 3.63) is 52.5 Å². The van der Waals surface area contributed by atoms with Crippen LogP contribution >= 0.6 is 27.7 Å². The van der Waals surface area contributed by atoms with Crippen LogP contribution in [0.2, 0.25) is 0 Å². The van der Waals surface area contributed by atoms with E-state index in [1.807, 2.05) is 56.3 Å². The van der Waals surface area contributed by atoms with Crippen LogP contribution in [0, 0.1) is 0 Å². The zero-order valence-electron chi connectivity index (χ0n) is 16.6. The molecule has 0 amide bonds. The highest BCUT2D eigenvalue weighted by molar-refractivity contribution is 9.10. The first-order chi connectivity index (χ1) is 14.1. The summed E-state index contributed by atoms with van der Waals surface area (Å²) in [5.74, 6) is 2.31. The molecule has 0 unspecified atom stereocenters. The highest BCUT2D eigenvalue weighted by Crippen LogP contribution is 2.34. The molecule has 0 radical (unpaired) electrons. The molecular formula is C20H24BrN5O2S. The van der Waals surface area contributed by atoms with E-state index in [9.17, 15) is 0 Å². The zero-order chi connectivity index (χ0) is 20.6. The summed E-state index contributed by atoms with van der Waals surface area (Å²) in [5.41, 5.74) is 2.06. The number of rotatable bonds is 10. The molecule has 0 fully saturated rings. The number of nitrogens with one attached hydrogen (secondary N) is 1. The fraction of sp³-hybridized carbons (Fsp3) is 0.350. The lowest BCUT2D eigenvalue weighted by Gasteiger charge is -2.16. The van der Waals surface area contributed by atoms with Crippen LogP contribution in [-0.4, -0.2) is 45.7 Å². The van der Waals surface area contributed by atoms with Gasteiger partial charge >= 0.3 is 0 Å². The molecular weight excluding hydrogens is 454 g/mol. The van der Waals surface area contributed by atoms with Gasteiger partial charge in [-0.15, -0.1) is 5.10 Å². The monoisotopic (exact) mass is 477 g/mol. The van der Waals surface area contributed by atoms with Crippen molar-refractivity contribution in [3.8, 4) is 17.2 Å². The first-order valence-electron chi connectivity index (χ1n) is 9.29. The Hall–Kier alpha value is -2.10. The van der Waals surface area contributed by atoms with Gasteiger partial charge in [-0.25, -0.2) is 0 Å². The SMILES string of the molecule is COc1cc(CNCCSc2nnnn2-c2ccccc2)c(Br)cc1OC(C)C. The van der Waals surface area contributed by atoms with E-state index in [1.54, 1.807) is 23.6 Å². The molecule has 2 aromatic carbocycles. The zero-order valence-corrected chi connectivity index (χ0v) is 19.0. The number of methoxy groups -OCH3 is 1. The van der Waals surface area contributed by atoms with Crippen molar-refractivity contribution < 1.29 is 9.47 Å². The predicted octanol–water partition coefficient (Wildman–Crippen LogP) is 4.10. The van der Waals surface area contributed by atoms with Crippen LogP contribution in [0.5, 0.6) is 11.5 Å². The van der Waals surface area contributed by atoms with Gasteiger partial charge in [0.05, 0.1) is 18.9 Å². The molecule has 9 heteroatoms. The molecule has 0 atom stereocenters. The summed E-state index contributed by atoms with van der Waals surface area (Å²) in [5, 5.41) is 16.2. The van der Waals surface area contributed by atoms with Gasteiger partial charge in [0.15, 0.2) is 11.5 Å². The third-order valence-corrected chi connectivity index (χ3v) is 5.62. The van der Waals surface area contributed by atoms with Crippen LogP contribution in [0.4, 0.5) is 0 Å². The van der Waals surface area contributed by atoms with Crippen LogP contribution in [0.15, 0.2) is 52.1 Å². The Bertz CT molecular complexity index is 920. The van der Waals surface area contributed by atoms with Crippen molar-refractivity contribution in [1.29, 1.82) is 0 Å². The Kier molecular flexibility index (Phi) is 7.91. The summed E-state index contributed by atoms with van der Waals surface area (Å²) in [6.07, 6.45) is 0.0872. The molecule has 0 aliphatic heterocycles. The number of para-hydroxylation sites is 1. The second-order valence-electron chi connectivity index (χ2n) is 6.50. The van der Waals surface area contributed by atoms with E-state index >= 15 is 0 Å². The average Bonchev–Trinajstić information content (AvgIpc) is 3.18. The summed E-state index contributed by atoms with van der Waals surface area (Å²) < 4.78 is 14.0. The highest BCUT2D eigenvalue weighted by atomic mass is 79.9. The van der Waals surface area contributed by atoms with Gasteiger partial charge in [0.25, 0.3) is 0 Å². The first kappa shape index (κ1) is 21.6. The van der Waals surface area contributed by atoms with Crippen molar-refractivity contribution in [3.63, 3.8) is 0 Å². The Labute approximate surface area is 183 Å². The Morgan fingerprint density at radius 3 is 2.69 bits per heavy atom. The Morgan fingerprint density at radius 1 is 1.17 bits per heavy atom. The molecule has 0 aliphatic rings. The van der Waals surface area contributed by atoms with Crippen molar-refractivity contribution in [2.75, 3.05) is 19.4 Å². The number of aromatic nitrogens is 4. The molecule has 0 bridgehead atoms. The molecule has 29 heavy (non-hydrogen) atoms. The number of halogens is 1. The second kappa shape index (κ2) is 10.6. The summed E-state index contributed by atoms with van der Waals surface area (Å²) in [6.45, 7) is 5.51. The minimum atomic E-state index is 0.0872. The summed E-state index contributed by atoms with van der Waals surface area (Å²) in [6, 6.07) is 13.8. The number of hydrogen-bond donors (Lipinski definition) is 1. The van der Waals surface area contributed by atoms with Crippen LogP contribution in [-0.2, 0) is 6.54 Å². The van der Waals surface area contributed by atoms with Gasteiger partial charge in [-0.3, -0.25) is 0 Å². The predicted molar refractivity (Wildman–Crippen MR) is 118 cm³/mol. The molecule has 1 aromatic heterocycles. The van der Waals surface area contributed by atoms with Crippen LogP contribution in [0.25, 0.3) is 5.69 Å². The molecule has 1 heterocycles. The molecule has 7 nitrogen and oxygen atoms in total. The van der Waals surface area contributed by atoms with E-state index in [0.29, 0.717) is 6.54 Å². The van der Waals surface area contributed by atoms with E-state index in [2.05, 4.69) is 36.8 Å². The minimum Gasteiger partial charge on any atom is -0.493 e. The van der Waals surface area contributed by atoms with Gasteiger partial charge in [0, 0.05) is 23.3 Å². The fourth-order valence-electron chi connectivity index (χ4n) is 2.66. The number of thioether (sulfide) groups is 1. The van der Waals surface area contributed by atoms with Gasteiger partial charge in [-0.1, -0.05) is 45.9 Å². The third kappa shape index (κ3) is 5.94. The molecule has 154 valence electrons. The van der Waals surface area contributed by atoms with E-state index in [0.717, 1.165) is 44.7 Å². The number of nitrogens with zero attached hydrogens (tertiary/aromatic N) is 4. The molecule has 0 aliphatic carbocycles. The molecule has 3 aromatic rings. The van der Waals surface area contributed by atoms with Gasteiger partial charge in [-0.2, -0.15) is 4.68 Å². The number of benzene rings is 2. The average molecular weight is 478 g/mol. The normalized spacial score (nSPS) is 11.1. The smallest absolute Gasteiger partial charge is 0.214 e. The van der Waals surface area contributed by atoms with Crippen molar-refractivity contribution in [1.82, 2.24) is 25.5 Å². The largest absolute Gasteiger partial charge is 0.493 e. The summed E-state index contributed by atoms with van der Waals surface area (Å²) in [7, 11) is 1.65. The van der Waals surface area contributed by atoms with Crippen molar-refractivity contribution in [2.45, 2.75) is 31.7 Å². The quantitative estimate of drug-likeness (QED) is 0.347. The topological polar surface area (TPSA) is 74.1 Å². The lowest BCUT2D eigenvalue weighted by atomic mass is 10.2. The molecule has 0 spiro atoms. The highest BCUT2D eigenvalue weighted by Gasteiger charge is 2.12. The Morgan fingerprint density at radius 2 is 1.97 bits per heavy atom. The van der Waals surface area contributed by atoms with Gasteiger partial charge in [-0.05, 0) is 54.1 Å². The molecule has 0 saturated heterocycles. The van der Waals surface area contributed by atoms with Crippen molar-refractivity contribution in [2.24, 2.45) is 0 Å². The van der Waals surface area contributed by atoms with E-state index in [1.165, 1.54) is 0 Å². The lowest BCUT2D eigenvalue weighted by molar-refractivity contribution is 0.230. The molecule has 0 saturated carbocycles. The maximum Gasteiger partial charge on any atom is 0.214 e.